The van der Waals surface area contributed by atoms with Gasteiger partial charge in [0.2, 0.25) is 5.91 Å². The van der Waals surface area contributed by atoms with Crippen molar-refractivity contribution >= 4 is 5.91 Å². The molecular weight excluding hydrogens is 316 g/mol. The number of methoxy groups -OCH3 is 1. The number of amides is 1. The molecule has 0 spiro atoms. The first-order valence-electron chi connectivity index (χ1n) is 8.74. The van der Waals surface area contributed by atoms with Crippen molar-refractivity contribution in [3.05, 3.63) is 64.1 Å². The average molecular weight is 338 g/mol. The molecule has 130 valence electrons. The van der Waals surface area contributed by atoms with E-state index in [0.717, 1.165) is 36.5 Å². The van der Waals surface area contributed by atoms with Gasteiger partial charge in [0, 0.05) is 37.3 Å². The zero-order chi connectivity index (χ0) is 17.4. The van der Waals surface area contributed by atoms with E-state index in [1.807, 2.05) is 45.9 Å². The van der Waals surface area contributed by atoms with Gasteiger partial charge in [-0.2, -0.15) is 0 Å². The number of hydrogen-bond acceptors (Lipinski definition) is 3. The van der Waals surface area contributed by atoms with Gasteiger partial charge >= 0.3 is 0 Å². The summed E-state index contributed by atoms with van der Waals surface area (Å²) in [4.78, 5) is 26.8. The zero-order valence-corrected chi connectivity index (χ0v) is 14.4. The molecule has 0 aliphatic carbocycles. The van der Waals surface area contributed by atoms with Crippen molar-refractivity contribution in [1.82, 2.24) is 9.47 Å². The standard InChI is InChI=1S/C20H22N2O3/c1-25-17-7-5-14(6-8-17)10-20(24)21-11-15-9-16(13-21)18-3-2-4-19(23)22(18)12-15/h2-8,15-16H,9-13H2,1H3/t15-,16+/m1/s1. The topological polar surface area (TPSA) is 51.5 Å². The van der Waals surface area contributed by atoms with Gasteiger partial charge in [-0.25, -0.2) is 0 Å². The number of rotatable bonds is 3. The van der Waals surface area contributed by atoms with Crippen LogP contribution in [0.2, 0.25) is 0 Å². The van der Waals surface area contributed by atoms with E-state index < -0.39 is 0 Å². The van der Waals surface area contributed by atoms with Crippen LogP contribution in [0.4, 0.5) is 0 Å². The lowest BCUT2D eigenvalue weighted by atomic mass is 9.83. The molecule has 1 aromatic heterocycles. The fraction of sp³-hybridized carbons (Fsp3) is 0.400. The number of pyridine rings is 1. The van der Waals surface area contributed by atoms with Gasteiger partial charge in [0.1, 0.15) is 5.75 Å². The number of aromatic nitrogens is 1. The van der Waals surface area contributed by atoms with Crippen molar-refractivity contribution < 1.29 is 9.53 Å². The van der Waals surface area contributed by atoms with E-state index in [0.29, 0.717) is 18.9 Å². The van der Waals surface area contributed by atoms with Gasteiger partial charge in [0.25, 0.3) is 5.56 Å². The quantitative estimate of drug-likeness (QED) is 0.861. The highest BCUT2D eigenvalue weighted by atomic mass is 16.5. The maximum atomic E-state index is 12.8. The molecule has 0 radical (unpaired) electrons. The SMILES string of the molecule is COc1ccc(CC(=O)N2C[C@H]3C[C@@H](C2)c2cccc(=O)n2C3)cc1. The van der Waals surface area contributed by atoms with Crippen LogP contribution in [0.5, 0.6) is 5.75 Å². The van der Waals surface area contributed by atoms with Gasteiger partial charge in [-0.15, -0.1) is 0 Å². The number of ether oxygens (including phenoxy) is 1. The van der Waals surface area contributed by atoms with Crippen LogP contribution in [0.1, 0.15) is 23.6 Å². The predicted octanol–water partition coefficient (Wildman–Crippen LogP) is 2.05. The molecule has 0 unspecified atom stereocenters. The maximum Gasteiger partial charge on any atom is 0.250 e. The number of hydrogen-bond donors (Lipinski definition) is 0. The van der Waals surface area contributed by atoms with Crippen LogP contribution in [0.3, 0.4) is 0 Å². The fourth-order valence-electron chi connectivity index (χ4n) is 4.13. The number of fused-ring (bicyclic) bond motifs is 4. The molecule has 2 atom stereocenters. The van der Waals surface area contributed by atoms with E-state index in [1.165, 1.54) is 0 Å². The number of carbonyl (C=O) groups is 1. The minimum Gasteiger partial charge on any atom is -0.497 e. The summed E-state index contributed by atoms with van der Waals surface area (Å²) in [5.74, 6) is 1.59. The van der Waals surface area contributed by atoms with Crippen molar-refractivity contribution in [3.63, 3.8) is 0 Å². The van der Waals surface area contributed by atoms with Gasteiger partial charge in [-0.05, 0) is 36.1 Å². The van der Waals surface area contributed by atoms with Crippen molar-refractivity contribution in [2.75, 3.05) is 20.2 Å². The van der Waals surface area contributed by atoms with Crippen molar-refractivity contribution in [3.8, 4) is 5.75 Å². The Hall–Kier alpha value is -2.56. The number of likely N-dealkylation sites (tertiary alicyclic amines) is 1. The molecule has 2 aliphatic heterocycles. The molecule has 1 saturated heterocycles. The Morgan fingerprint density at radius 3 is 2.68 bits per heavy atom. The number of carbonyl (C=O) groups excluding carboxylic acids is 1. The summed E-state index contributed by atoms with van der Waals surface area (Å²) in [7, 11) is 1.63. The van der Waals surface area contributed by atoms with Crippen molar-refractivity contribution in [2.45, 2.75) is 25.3 Å². The van der Waals surface area contributed by atoms with Gasteiger partial charge in [0.15, 0.2) is 0 Å². The second-order valence-corrected chi connectivity index (χ2v) is 7.02. The summed E-state index contributed by atoms with van der Waals surface area (Å²) in [6.45, 7) is 2.17. The molecular formula is C20H22N2O3. The Balaban J connectivity index is 1.49. The van der Waals surface area contributed by atoms with Crippen LogP contribution in [-0.4, -0.2) is 35.6 Å². The normalized spacial score (nSPS) is 21.6. The van der Waals surface area contributed by atoms with Crippen LogP contribution < -0.4 is 10.3 Å². The Labute approximate surface area is 146 Å². The molecule has 2 aliphatic rings. The Bertz CT molecular complexity index is 841. The van der Waals surface area contributed by atoms with E-state index >= 15 is 0 Å². The molecule has 1 aromatic carbocycles. The van der Waals surface area contributed by atoms with Gasteiger partial charge < -0.3 is 14.2 Å². The minimum absolute atomic E-state index is 0.0743. The number of benzene rings is 1. The Kier molecular flexibility index (Phi) is 4.07. The largest absolute Gasteiger partial charge is 0.497 e. The number of piperidine rings is 1. The lowest BCUT2D eigenvalue weighted by Gasteiger charge is -2.42. The molecule has 4 rings (SSSR count). The summed E-state index contributed by atoms with van der Waals surface area (Å²) in [6.07, 6.45) is 1.47. The minimum atomic E-state index is 0.0743. The summed E-state index contributed by atoms with van der Waals surface area (Å²) in [5.41, 5.74) is 2.15. The summed E-state index contributed by atoms with van der Waals surface area (Å²) < 4.78 is 7.05. The summed E-state index contributed by atoms with van der Waals surface area (Å²) in [5, 5.41) is 0. The van der Waals surface area contributed by atoms with E-state index in [1.54, 1.807) is 13.2 Å². The molecule has 0 saturated carbocycles. The first-order chi connectivity index (χ1) is 12.1. The van der Waals surface area contributed by atoms with Crippen LogP contribution >= 0.6 is 0 Å². The smallest absolute Gasteiger partial charge is 0.250 e. The third-order valence-corrected chi connectivity index (χ3v) is 5.35. The van der Waals surface area contributed by atoms with Crippen molar-refractivity contribution in [1.29, 1.82) is 0 Å². The highest BCUT2D eigenvalue weighted by Gasteiger charge is 2.36. The Morgan fingerprint density at radius 2 is 1.92 bits per heavy atom. The average Bonchev–Trinajstić information content (AvgIpc) is 2.63. The molecule has 2 bridgehead atoms. The van der Waals surface area contributed by atoms with E-state index in [-0.39, 0.29) is 17.4 Å². The first-order valence-corrected chi connectivity index (χ1v) is 8.74. The summed E-state index contributed by atoms with van der Waals surface area (Å²) >= 11 is 0. The van der Waals surface area contributed by atoms with Crippen LogP contribution in [0, 0.1) is 5.92 Å². The second kappa shape index (κ2) is 6.39. The first kappa shape index (κ1) is 15.9. The van der Waals surface area contributed by atoms with Gasteiger partial charge in [-0.3, -0.25) is 9.59 Å². The molecule has 5 nitrogen and oxygen atoms in total. The van der Waals surface area contributed by atoms with Crippen LogP contribution in [-0.2, 0) is 17.8 Å². The van der Waals surface area contributed by atoms with E-state index in [2.05, 4.69) is 0 Å². The molecule has 0 N–H and O–H groups in total. The van der Waals surface area contributed by atoms with Crippen molar-refractivity contribution in [2.24, 2.45) is 5.92 Å². The van der Waals surface area contributed by atoms with E-state index in [4.69, 9.17) is 4.74 Å². The fourth-order valence-corrected chi connectivity index (χ4v) is 4.13. The zero-order valence-electron chi connectivity index (χ0n) is 14.4. The molecule has 1 amide bonds. The van der Waals surface area contributed by atoms with Crippen LogP contribution in [0.25, 0.3) is 0 Å². The molecule has 3 heterocycles. The molecule has 5 heteroatoms. The summed E-state index contributed by atoms with van der Waals surface area (Å²) in [6, 6.07) is 13.1. The number of nitrogens with zero attached hydrogens (tertiary/aromatic N) is 2. The molecule has 25 heavy (non-hydrogen) atoms. The predicted molar refractivity (Wildman–Crippen MR) is 94.8 cm³/mol. The Morgan fingerprint density at radius 1 is 1.12 bits per heavy atom. The molecule has 2 aromatic rings. The van der Waals surface area contributed by atoms with E-state index in [9.17, 15) is 9.59 Å². The lowest BCUT2D eigenvalue weighted by molar-refractivity contribution is -0.133. The van der Waals surface area contributed by atoms with Gasteiger partial charge in [-0.1, -0.05) is 18.2 Å². The van der Waals surface area contributed by atoms with Crippen LogP contribution in [0.15, 0.2) is 47.3 Å². The maximum absolute atomic E-state index is 12.8. The van der Waals surface area contributed by atoms with Gasteiger partial charge in [0.05, 0.1) is 13.5 Å². The third kappa shape index (κ3) is 3.06. The molecule has 1 fully saturated rings. The second-order valence-electron chi connectivity index (χ2n) is 7.02. The highest BCUT2D eigenvalue weighted by molar-refractivity contribution is 5.79. The lowest BCUT2D eigenvalue weighted by Crippen LogP contribution is -2.49. The third-order valence-electron chi connectivity index (χ3n) is 5.35. The highest BCUT2D eigenvalue weighted by Crippen LogP contribution is 2.35. The monoisotopic (exact) mass is 338 g/mol.